The second-order valence-corrected chi connectivity index (χ2v) is 3.58. The largest absolute Gasteiger partial charge is 0.383 e. The molecule has 0 aromatic carbocycles. The number of hydrogen-bond donors (Lipinski definition) is 2. The van der Waals surface area contributed by atoms with Gasteiger partial charge in [0.1, 0.15) is 6.79 Å². The van der Waals surface area contributed by atoms with Gasteiger partial charge in [0.25, 0.3) is 0 Å². The summed E-state index contributed by atoms with van der Waals surface area (Å²) < 4.78 is 15.2. The first kappa shape index (κ1) is 13.4. The van der Waals surface area contributed by atoms with Gasteiger partial charge in [-0.3, -0.25) is 4.79 Å². The van der Waals surface area contributed by atoms with Crippen LogP contribution in [-0.4, -0.2) is 58.8 Å². The van der Waals surface area contributed by atoms with Gasteiger partial charge in [-0.1, -0.05) is 0 Å². The smallest absolute Gasteiger partial charge is 0.234 e. The Morgan fingerprint density at radius 1 is 1.56 bits per heavy atom. The van der Waals surface area contributed by atoms with E-state index in [4.69, 9.17) is 14.2 Å². The zero-order valence-electron chi connectivity index (χ0n) is 9.66. The highest BCUT2D eigenvalue weighted by molar-refractivity contribution is 5.77. The van der Waals surface area contributed by atoms with E-state index in [1.807, 2.05) is 0 Å². The van der Waals surface area contributed by atoms with Crippen LogP contribution in [-0.2, 0) is 19.0 Å². The topological polar surface area (TPSA) is 68.8 Å². The van der Waals surface area contributed by atoms with Crippen LogP contribution in [0.15, 0.2) is 0 Å². The standard InChI is InChI=1S/C10H20N2O4/c1-14-5-3-12-10(13)7-11-6-9-2-4-15-8-16-9/h9,11H,2-8H2,1H3,(H,12,13). The molecule has 0 spiro atoms. The molecule has 0 aliphatic carbocycles. The number of carbonyl (C=O) groups is 1. The molecule has 6 heteroatoms. The molecule has 0 bridgehead atoms. The first-order chi connectivity index (χ1) is 7.83. The summed E-state index contributed by atoms with van der Waals surface area (Å²) >= 11 is 0. The molecule has 1 amide bonds. The average Bonchev–Trinajstić information content (AvgIpc) is 2.31. The van der Waals surface area contributed by atoms with Crippen LogP contribution in [0.1, 0.15) is 6.42 Å². The zero-order valence-corrected chi connectivity index (χ0v) is 9.66. The van der Waals surface area contributed by atoms with Crippen LogP contribution in [0.2, 0.25) is 0 Å². The molecule has 94 valence electrons. The highest BCUT2D eigenvalue weighted by Gasteiger charge is 2.13. The van der Waals surface area contributed by atoms with E-state index >= 15 is 0 Å². The van der Waals surface area contributed by atoms with E-state index in [1.54, 1.807) is 7.11 Å². The van der Waals surface area contributed by atoms with E-state index in [1.165, 1.54) is 0 Å². The molecule has 0 saturated carbocycles. The molecule has 6 nitrogen and oxygen atoms in total. The van der Waals surface area contributed by atoms with Gasteiger partial charge in [0.05, 0.1) is 25.9 Å². The number of rotatable bonds is 7. The maximum absolute atomic E-state index is 11.3. The first-order valence-corrected chi connectivity index (χ1v) is 5.48. The second-order valence-electron chi connectivity index (χ2n) is 3.58. The SMILES string of the molecule is COCCNC(=O)CNCC1CCOCO1. The Hall–Kier alpha value is -0.690. The average molecular weight is 232 g/mol. The second kappa shape index (κ2) is 8.46. The van der Waals surface area contributed by atoms with E-state index in [2.05, 4.69) is 10.6 Å². The Labute approximate surface area is 95.6 Å². The molecule has 0 aromatic heterocycles. The van der Waals surface area contributed by atoms with Gasteiger partial charge in [-0.15, -0.1) is 0 Å². The van der Waals surface area contributed by atoms with Gasteiger partial charge in [-0.05, 0) is 6.42 Å². The summed E-state index contributed by atoms with van der Waals surface area (Å²) in [5, 5.41) is 5.78. The Balaban J connectivity index is 1.94. The monoisotopic (exact) mass is 232 g/mol. The summed E-state index contributed by atoms with van der Waals surface area (Å²) in [6.07, 6.45) is 1.03. The number of amides is 1. The van der Waals surface area contributed by atoms with Crippen molar-refractivity contribution >= 4 is 5.91 Å². The minimum absolute atomic E-state index is 0.0240. The molecule has 1 aliphatic rings. The molecule has 0 radical (unpaired) electrons. The molecular formula is C10H20N2O4. The molecule has 16 heavy (non-hydrogen) atoms. The third-order valence-corrected chi connectivity index (χ3v) is 2.26. The summed E-state index contributed by atoms with van der Waals surface area (Å²) in [5.41, 5.74) is 0. The molecule has 1 heterocycles. The van der Waals surface area contributed by atoms with Crippen molar-refractivity contribution in [2.45, 2.75) is 12.5 Å². The molecular weight excluding hydrogens is 212 g/mol. The summed E-state index contributed by atoms with van der Waals surface area (Å²) in [4.78, 5) is 11.3. The highest BCUT2D eigenvalue weighted by Crippen LogP contribution is 2.03. The maximum atomic E-state index is 11.3. The number of nitrogens with one attached hydrogen (secondary N) is 2. The number of ether oxygens (including phenoxy) is 3. The van der Waals surface area contributed by atoms with Crippen LogP contribution in [0.3, 0.4) is 0 Å². The Morgan fingerprint density at radius 2 is 2.44 bits per heavy atom. The summed E-state index contributed by atoms with van der Waals surface area (Å²) in [7, 11) is 1.60. The fraction of sp³-hybridized carbons (Fsp3) is 0.900. The van der Waals surface area contributed by atoms with Crippen molar-refractivity contribution in [2.24, 2.45) is 0 Å². The van der Waals surface area contributed by atoms with Crippen LogP contribution in [0.25, 0.3) is 0 Å². The van der Waals surface area contributed by atoms with Crippen LogP contribution < -0.4 is 10.6 Å². The minimum Gasteiger partial charge on any atom is -0.383 e. The fourth-order valence-electron chi connectivity index (χ4n) is 1.36. The predicted molar refractivity (Wildman–Crippen MR) is 58.1 cm³/mol. The van der Waals surface area contributed by atoms with Gasteiger partial charge in [0.15, 0.2) is 0 Å². The summed E-state index contributed by atoms with van der Waals surface area (Å²) in [5.74, 6) is -0.0240. The van der Waals surface area contributed by atoms with E-state index in [0.29, 0.717) is 33.0 Å². The Bertz CT molecular complexity index is 195. The van der Waals surface area contributed by atoms with Gasteiger partial charge in [-0.25, -0.2) is 0 Å². The van der Waals surface area contributed by atoms with Gasteiger partial charge < -0.3 is 24.8 Å². The van der Waals surface area contributed by atoms with Crippen molar-refractivity contribution in [3.63, 3.8) is 0 Å². The molecule has 2 N–H and O–H groups in total. The Kier molecular flexibility index (Phi) is 7.07. The zero-order chi connectivity index (χ0) is 11.6. The van der Waals surface area contributed by atoms with Crippen LogP contribution in [0.4, 0.5) is 0 Å². The lowest BCUT2D eigenvalue weighted by Crippen LogP contribution is -2.40. The van der Waals surface area contributed by atoms with E-state index < -0.39 is 0 Å². The van der Waals surface area contributed by atoms with Crippen LogP contribution >= 0.6 is 0 Å². The van der Waals surface area contributed by atoms with Crippen molar-refractivity contribution in [1.29, 1.82) is 0 Å². The maximum Gasteiger partial charge on any atom is 0.234 e. The van der Waals surface area contributed by atoms with Crippen molar-refractivity contribution in [1.82, 2.24) is 10.6 Å². The minimum atomic E-state index is -0.0240. The van der Waals surface area contributed by atoms with Gasteiger partial charge in [-0.2, -0.15) is 0 Å². The molecule has 0 aromatic rings. The molecule has 1 unspecified atom stereocenters. The molecule has 1 rings (SSSR count). The number of carbonyl (C=O) groups excluding carboxylic acids is 1. The third-order valence-electron chi connectivity index (χ3n) is 2.26. The van der Waals surface area contributed by atoms with E-state index in [9.17, 15) is 4.79 Å². The van der Waals surface area contributed by atoms with Crippen LogP contribution in [0, 0.1) is 0 Å². The van der Waals surface area contributed by atoms with E-state index in [-0.39, 0.29) is 12.0 Å². The Morgan fingerprint density at radius 3 is 3.12 bits per heavy atom. The van der Waals surface area contributed by atoms with Crippen LogP contribution in [0.5, 0.6) is 0 Å². The normalized spacial score (nSPS) is 20.7. The lowest BCUT2D eigenvalue weighted by molar-refractivity contribution is -0.137. The summed E-state index contributed by atoms with van der Waals surface area (Å²) in [6, 6.07) is 0. The van der Waals surface area contributed by atoms with Gasteiger partial charge >= 0.3 is 0 Å². The predicted octanol–water partition coefficient (Wildman–Crippen LogP) is -0.898. The lowest BCUT2D eigenvalue weighted by atomic mass is 10.2. The third kappa shape index (κ3) is 6.02. The molecule has 1 saturated heterocycles. The van der Waals surface area contributed by atoms with Crippen molar-refractivity contribution in [3.05, 3.63) is 0 Å². The van der Waals surface area contributed by atoms with E-state index in [0.717, 1.165) is 13.0 Å². The quantitative estimate of drug-likeness (QED) is 0.557. The van der Waals surface area contributed by atoms with Crippen molar-refractivity contribution < 1.29 is 19.0 Å². The number of hydrogen-bond acceptors (Lipinski definition) is 5. The lowest BCUT2D eigenvalue weighted by Gasteiger charge is -2.22. The first-order valence-electron chi connectivity index (χ1n) is 5.48. The summed E-state index contributed by atoms with van der Waals surface area (Å²) in [6.45, 7) is 3.16. The molecule has 1 aliphatic heterocycles. The fourth-order valence-corrected chi connectivity index (χ4v) is 1.36. The van der Waals surface area contributed by atoms with Gasteiger partial charge in [0, 0.05) is 20.2 Å². The van der Waals surface area contributed by atoms with Crippen molar-refractivity contribution in [3.8, 4) is 0 Å². The highest BCUT2D eigenvalue weighted by atomic mass is 16.7. The number of methoxy groups -OCH3 is 1. The van der Waals surface area contributed by atoms with Gasteiger partial charge in [0.2, 0.25) is 5.91 Å². The molecule has 1 atom stereocenters. The van der Waals surface area contributed by atoms with Crippen molar-refractivity contribution in [2.75, 3.05) is 46.8 Å². The molecule has 1 fully saturated rings.